The molecular formula is C14H18O3S. The first-order chi connectivity index (χ1) is 8.47. The van der Waals surface area contributed by atoms with E-state index in [1.165, 1.54) is 31.2 Å². The van der Waals surface area contributed by atoms with Crippen LogP contribution >= 0.6 is 0 Å². The van der Waals surface area contributed by atoms with Crippen molar-refractivity contribution in [1.82, 2.24) is 0 Å². The maximum atomic E-state index is 12.0. The first kappa shape index (κ1) is 13.3. The van der Waals surface area contributed by atoms with Crippen molar-refractivity contribution < 1.29 is 13.2 Å². The monoisotopic (exact) mass is 266 g/mol. The molecule has 2 rings (SSSR count). The van der Waals surface area contributed by atoms with Gasteiger partial charge in [-0.15, -0.1) is 0 Å². The molecular weight excluding hydrogens is 248 g/mol. The van der Waals surface area contributed by atoms with E-state index in [1.54, 1.807) is 12.1 Å². The molecule has 1 aromatic carbocycles. The Labute approximate surface area is 108 Å². The Morgan fingerprint density at radius 2 is 1.72 bits per heavy atom. The molecule has 0 N–H and O–H groups in total. The molecule has 0 bridgehead atoms. The van der Waals surface area contributed by atoms with Gasteiger partial charge in [-0.1, -0.05) is 37.8 Å². The maximum Gasteiger partial charge on any atom is 0.175 e. The minimum absolute atomic E-state index is 0.127. The second-order valence-electron chi connectivity index (χ2n) is 5.07. The molecule has 0 aromatic heterocycles. The van der Waals surface area contributed by atoms with Crippen LogP contribution in [0.3, 0.4) is 0 Å². The Morgan fingerprint density at radius 1 is 1.17 bits per heavy atom. The lowest BCUT2D eigenvalue weighted by Crippen LogP contribution is -2.06. The molecule has 0 saturated heterocycles. The molecule has 0 heterocycles. The van der Waals surface area contributed by atoms with E-state index in [0.29, 0.717) is 17.9 Å². The van der Waals surface area contributed by atoms with Gasteiger partial charge in [-0.2, -0.15) is 0 Å². The highest BCUT2D eigenvalue weighted by atomic mass is 32.2. The Balaban J connectivity index is 2.07. The van der Waals surface area contributed by atoms with Crippen molar-refractivity contribution in [1.29, 1.82) is 0 Å². The van der Waals surface area contributed by atoms with E-state index in [2.05, 4.69) is 0 Å². The highest BCUT2D eigenvalue weighted by Gasteiger charge is 2.19. The Hall–Kier alpha value is -1.16. The summed E-state index contributed by atoms with van der Waals surface area (Å²) in [7, 11) is -3.18. The molecule has 0 spiro atoms. The summed E-state index contributed by atoms with van der Waals surface area (Å²) in [5.74, 6) is 0.647. The number of rotatable bonds is 4. The Bertz CT molecular complexity index is 523. The summed E-state index contributed by atoms with van der Waals surface area (Å²) >= 11 is 0. The zero-order chi connectivity index (χ0) is 13.2. The van der Waals surface area contributed by atoms with E-state index in [0.717, 1.165) is 12.8 Å². The molecule has 1 saturated carbocycles. The third-order valence-electron chi connectivity index (χ3n) is 3.55. The predicted octanol–water partition coefficient (Wildman–Crippen LogP) is 2.85. The highest BCUT2D eigenvalue weighted by molar-refractivity contribution is 7.90. The topological polar surface area (TPSA) is 51.2 Å². The lowest BCUT2D eigenvalue weighted by Gasteiger charge is -2.08. The number of hydrogen-bond acceptors (Lipinski definition) is 3. The fourth-order valence-electron chi connectivity index (χ4n) is 2.48. The van der Waals surface area contributed by atoms with E-state index < -0.39 is 9.84 Å². The fraction of sp³-hybridized carbons (Fsp3) is 0.500. The first-order valence-corrected chi connectivity index (χ1v) is 8.19. The van der Waals surface area contributed by atoms with Crippen LogP contribution in [0.25, 0.3) is 0 Å². The summed E-state index contributed by atoms with van der Waals surface area (Å²) in [6, 6.07) is 6.26. The molecule has 1 fully saturated rings. The molecule has 0 atom stereocenters. The second kappa shape index (κ2) is 5.22. The van der Waals surface area contributed by atoms with Gasteiger partial charge < -0.3 is 0 Å². The van der Waals surface area contributed by atoms with Crippen LogP contribution < -0.4 is 0 Å². The molecule has 1 aromatic rings. The molecule has 3 nitrogen and oxygen atoms in total. The summed E-state index contributed by atoms with van der Waals surface area (Å²) in [6.07, 6.45) is 6.51. The van der Waals surface area contributed by atoms with Gasteiger partial charge in [0.15, 0.2) is 15.6 Å². The highest BCUT2D eigenvalue weighted by Crippen LogP contribution is 2.28. The molecule has 0 radical (unpaired) electrons. The third-order valence-corrected chi connectivity index (χ3v) is 4.68. The van der Waals surface area contributed by atoms with Gasteiger partial charge in [0.25, 0.3) is 0 Å². The Kier molecular flexibility index (Phi) is 3.85. The number of sulfone groups is 1. The second-order valence-corrected chi connectivity index (χ2v) is 7.09. The van der Waals surface area contributed by atoms with Crippen molar-refractivity contribution >= 4 is 15.6 Å². The van der Waals surface area contributed by atoms with E-state index >= 15 is 0 Å². The number of Topliss-reactive ketones (excluding diaryl/α,β-unsaturated/α-hetero) is 1. The fourth-order valence-corrected chi connectivity index (χ4v) is 3.11. The predicted molar refractivity (Wildman–Crippen MR) is 70.5 cm³/mol. The molecule has 0 amide bonds. The molecule has 0 unspecified atom stereocenters. The lowest BCUT2D eigenvalue weighted by molar-refractivity contribution is 0.0962. The van der Waals surface area contributed by atoms with Gasteiger partial charge in [0.2, 0.25) is 0 Å². The maximum absolute atomic E-state index is 12.0. The van der Waals surface area contributed by atoms with Crippen molar-refractivity contribution in [3.8, 4) is 0 Å². The summed E-state index contributed by atoms with van der Waals surface area (Å²) < 4.78 is 22.6. The molecule has 18 heavy (non-hydrogen) atoms. The molecule has 98 valence electrons. The molecule has 0 aliphatic heterocycles. The Morgan fingerprint density at radius 3 is 2.22 bits per heavy atom. The smallest absolute Gasteiger partial charge is 0.175 e. The van der Waals surface area contributed by atoms with Gasteiger partial charge >= 0.3 is 0 Å². The minimum Gasteiger partial charge on any atom is -0.294 e. The van der Waals surface area contributed by atoms with Gasteiger partial charge in [-0.05, 0) is 18.1 Å². The van der Waals surface area contributed by atoms with Gasteiger partial charge in [0, 0.05) is 18.2 Å². The van der Waals surface area contributed by atoms with Crippen molar-refractivity contribution in [3.05, 3.63) is 29.8 Å². The first-order valence-electron chi connectivity index (χ1n) is 6.30. The average molecular weight is 266 g/mol. The summed E-state index contributed by atoms with van der Waals surface area (Å²) in [6.45, 7) is 0. The van der Waals surface area contributed by atoms with E-state index in [9.17, 15) is 13.2 Å². The number of hydrogen-bond donors (Lipinski definition) is 0. The van der Waals surface area contributed by atoms with Crippen molar-refractivity contribution in [3.63, 3.8) is 0 Å². The molecule has 1 aliphatic carbocycles. The zero-order valence-electron chi connectivity index (χ0n) is 10.6. The zero-order valence-corrected chi connectivity index (χ0v) is 11.4. The van der Waals surface area contributed by atoms with Gasteiger partial charge in [0.05, 0.1) is 4.90 Å². The normalized spacial score (nSPS) is 16.9. The number of carbonyl (C=O) groups is 1. The van der Waals surface area contributed by atoms with Gasteiger partial charge in [-0.3, -0.25) is 4.79 Å². The van der Waals surface area contributed by atoms with Crippen molar-refractivity contribution in [2.45, 2.75) is 37.0 Å². The summed E-state index contributed by atoms with van der Waals surface area (Å²) in [4.78, 5) is 12.3. The summed E-state index contributed by atoms with van der Waals surface area (Å²) in [5.41, 5.74) is 0.620. The van der Waals surface area contributed by atoms with E-state index in [4.69, 9.17) is 0 Å². The van der Waals surface area contributed by atoms with Gasteiger partial charge in [0.1, 0.15) is 0 Å². The van der Waals surface area contributed by atoms with Crippen LogP contribution in [-0.2, 0) is 9.84 Å². The van der Waals surface area contributed by atoms with Crippen LogP contribution in [0.15, 0.2) is 29.2 Å². The van der Waals surface area contributed by atoms with Crippen molar-refractivity contribution in [2.75, 3.05) is 6.26 Å². The quantitative estimate of drug-likeness (QED) is 0.787. The van der Waals surface area contributed by atoms with Crippen LogP contribution in [0.2, 0.25) is 0 Å². The molecule has 4 heteroatoms. The largest absolute Gasteiger partial charge is 0.294 e. The van der Waals surface area contributed by atoms with E-state index in [-0.39, 0.29) is 10.7 Å². The van der Waals surface area contributed by atoms with E-state index in [1.807, 2.05) is 0 Å². The van der Waals surface area contributed by atoms with Crippen molar-refractivity contribution in [2.24, 2.45) is 5.92 Å². The van der Waals surface area contributed by atoms with Crippen LogP contribution in [-0.4, -0.2) is 20.5 Å². The summed E-state index contributed by atoms with van der Waals surface area (Å²) in [5, 5.41) is 0. The minimum atomic E-state index is -3.18. The standard InChI is InChI=1S/C14H18O3S/c1-18(16,17)13-8-6-12(7-9-13)14(15)10-11-4-2-3-5-11/h6-9,11H,2-5,10H2,1H3. The average Bonchev–Trinajstić information content (AvgIpc) is 2.81. The van der Waals surface area contributed by atoms with Crippen LogP contribution in [0.4, 0.5) is 0 Å². The van der Waals surface area contributed by atoms with Crippen LogP contribution in [0, 0.1) is 5.92 Å². The number of ketones is 1. The number of carbonyl (C=O) groups excluding carboxylic acids is 1. The molecule has 1 aliphatic rings. The number of benzene rings is 1. The SMILES string of the molecule is CS(=O)(=O)c1ccc(C(=O)CC2CCCC2)cc1. The third kappa shape index (κ3) is 3.19. The van der Waals surface area contributed by atoms with Crippen LogP contribution in [0.5, 0.6) is 0 Å². The lowest BCUT2D eigenvalue weighted by atomic mass is 9.97. The van der Waals surface area contributed by atoms with Crippen LogP contribution in [0.1, 0.15) is 42.5 Å². The van der Waals surface area contributed by atoms with Gasteiger partial charge in [-0.25, -0.2) is 8.42 Å².